The van der Waals surface area contributed by atoms with Crippen LogP contribution in [0, 0.1) is 5.82 Å². The summed E-state index contributed by atoms with van der Waals surface area (Å²) in [6, 6.07) is 12.3. The van der Waals surface area contributed by atoms with Crippen LogP contribution in [-0.4, -0.2) is 40.7 Å². The fourth-order valence-electron chi connectivity index (χ4n) is 2.81. The van der Waals surface area contributed by atoms with Crippen LogP contribution in [0.2, 0.25) is 0 Å². The molecule has 2 aromatic carbocycles. The number of nitrogens with one attached hydrogen (secondary N) is 1. The third-order valence-electron chi connectivity index (χ3n) is 4.35. The predicted molar refractivity (Wildman–Crippen MR) is 116 cm³/mol. The van der Waals surface area contributed by atoms with E-state index in [0.29, 0.717) is 11.3 Å². The first kappa shape index (κ1) is 23.3. The van der Waals surface area contributed by atoms with Gasteiger partial charge in [-0.25, -0.2) is 9.18 Å². The maximum absolute atomic E-state index is 13.2. The van der Waals surface area contributed by atoms with Gasteiger partial charge in [-0.05, 0) is 50.2 Å². The smallest absolute Gasteiger partial charge is 0.362 e. The number of aromatic nitrogens is 2. The van der Waals surface area contributed by atoms with Crippen molar-refractivity contribution in [2.45, 2.75) is 13.8 Å². The van der Waals surface area contributed by atoms with Crippen LogP contribution in [0.15, 0.2) is 59.4 Å². The summed E-state index contributed by atoms with van der Waals surface area (Å²) >= 11 is 0. The number of hydrogen-bond donors (Lipinski definition) is 1. The summed E-state index contributed by atoms with van der Waals surface area (Å²) in [5.41, 5.74) is 0.0339. The minimum Gasteiger partial charge on any atom is -0.481 e. The third-order valence-corrected chi connectivity index (χ3v) is 4.35. The molecule has 0 atom stereocenters. The van der Waals surface area contributed by atoms with Gasteiger partial charge in [-0.3, -0.25) is 14.4 Å². The molecule has 9 nitrogen and oxygen atoms in total. The topological polar surface area (TPSA) is 117 Å². The molecule has 0 fully saturated rings. The normalized spacial score (nSPS) is 10.4. The molecular formula is C23H20FN3O6. The molecule has 3 rings (SSSR count). The second-order valence-electron chi connectivity index (χ2n) is 6.78. The fourth-order valence-corrected chi connectivity index (χ4v) is 2.81. The maximum atomic E-state index is 13.2. The molecule has 0 bridgehead atoms. The van der Waals surface area contributed by atoms with Crippen molar-refractivity contribution in [2.24, 2.45) is 0 Å². The Hall–Kier alpha value is -4.34. The molecule has 0 unspecified atom stereocenters. The lowest BCUT2D eigenvalue weighted by molar-refractivity contribution is -0.118. The van der Waals surface area contributed by atoms with Crippen molar-refractivity contribution < 1.29 is 28.2 Å². The molecule has 10 heteroatoms. The number of ketones is 1. The molecule has 0 saturated heterocycles. The number of halogens is 1. The molecule has 0 aliphatic carbocycles. The molecule has 3 aromatic rings. The molecule has 1 amide bonds. The van der Waals surface area contributed by atoms with Gasteiger partial charge in [0.2, 0.25) is 5.69 Å². The Morgan fingerprint density at radius 2 is 1.82 bits per heavy atom. The van der Waals surface area contributed by atoms with Crippen molar-refractivity contribution in [3.05, 3.63) is 82.0 Å². The number of hydrogen-bond acceptors (Lipinski definition) is 7. The zero-order valence-corrected chi connectivity index (χ0v) is 17.8. The lowest BCUT2D eigenvalue weighted by Gasteiger charge is -2.13. The highest BCUT2D eigenvalue weighted by atomic mass is 19.1. The van der Waals surface area contributed by atoms with Crippen LogP contribution in [0.3, 0.4) is 0 Å². The predicted octanol–water partition coefficient (Wildman–Crippen LogP) is 2.77. The van der Waals surface area contributed by atoms with E-state index < -0.39 is 29.9 Å². The second kappa shape index (κ2) is 10.3. The van der Waals surface area contributed by atoms with Crippen molar-refractivity contribution in [1.29, 1.82) is 0 Å². The number of Topliss-reactive ketones (excluding diaryl/α,β-unsaturated/α-hetero) is 1. The number of ether oxygens (including phenoxy) is 2. The number of rotatable bonds is 8. The van der Waals surface area contributed by atoms with Crippen molar-refractivity contribution in [3.8, 4) is 11.4 Å². The van der Waals surface area contributed by atoms with Crippen LogP contribution >= 0.6 is 0 Å². The van der Waals surface area contributed by atoms with E-state index in [1.54, 1.807) is 25.1 Å². The summed E-state index contributed by atoms with van der Waals surface area (Å²) in [4.78, 5) is 48.7. The van der Waals surface area contributed by atoms with Crippen molar-refractivity contribution in [1.82, 2.24) is 9.78 Å². The van der Waals surface area contributed by atoms with Crippen LogP contribution in [0.5, 0.6) is 5.75 Å². The minimum absolute atomic E-state index is 0.0442. The van der Waals surface area contributed by atoms with E-state index in [-0.39, 0.29) is 29.5 Å². The first-order valence-corrected chi connectivity index (χ1v) is 9.89. The van der Waals surface area contributed by atoms with Crippen LogP contribution in [-0.2, 0) is 9.53 Å². The number of anilines is 1. The maximum Gasteiger partial charge on any atom is 0.362 e. The van der Waals surface area contributed by atoms with Gasteiger partial charge in [0.1, 0.15) is 5.82 Å². The first-order valence-electron chi connectivity index (χ1n) is 9.89. The number of carbonyl (C=O) groups is 3. The summed E-state index contributed by atoms with van der Waals surface area (Å²) in [6.07, 6.45) is 0. The summed E-state index contributed by atoms with van der Waals surface area (Å²) < 4.78 is 24.5. The van der Waals surface area contributed by atoms with Crippen molar-refractivity contribution >= 4 is 23.3 Å². The standard InChI is InChI=1S/C23H20FN3O6/c1-3-32-23(31)22-19(12-21(30)27(26-22)18-9-7-16(24)8-10-18)33-13-20(29)25-17-6-4-5-15(11-17)14(2)28/h4-12H,3,13H2,1-2H3,(H,25,29). The highest BCUT2D eigenvalue weighted by Gasteiger charge is 2.21. The highest BCUT2D eigenvalue weighted by molar-refractivity contribution is 5.97. The molecule has 1 heterocycles. The second-order valence-corrected chi connectivity index (χ2v) is 6.78. The van der Waals surface area contributed by atoms with Gasteiger partial charge in [0.05, 0.1) is 18.4 Å². The zero-order valence-electron chi connectivity index (χ0n) is 17.8. The summed E-state index contributed by atoms with van der Waals surface area (Å²) in [7, 11) is 0. The third kappa shape index (κ3) is 5.88. The van der Waals surface area contributed by atoms with E-state index in [0.717, 1.165) is 22.9 Å². The van der Waals surface area contributed by atoms with Gasteiger partial charge >= 0.3 is 5.97 Å². The van der Waals surface area contributed by atoms with E-state index in [2.05, 4.69) is 10.4 Å². The lowest BCUT2D eigenvalue weighted by Crippen LogP contribution is -2.27. The molecule has 0 saturated carbocycles. The van der Waals surface area contributed by atoms with Crippen LogP contribution in [0.25, 0.3) is 5.69 Å². The van der Waals surface area contributed by atoms with Gasteiger partial charge in [-0.2, -0.15) is 9.78 Å². The summed E-state index contributed by atoms with van der Waals surface area (Å²) in [5.74, 6) is -2.36. The van der Waals surface area contributed by atoms with Gasteiger partial charge < -0.3 is 14.8 Å². The fraction of sp³-hybridized carbons (Fsp3) is 0.174. The van der Waals surface area contributed by atoms with Gasteiger partial charge in [-0.15, -0.1) is 0 Å². The van der Waals surface area contributed by atoms with E-state index in [1.165, 1.54) is 25.1 Å². The Balaban J connectivity index is 1.83. The Morgan fingerprint density at radius 3 is 2.48 bits per heavy atom. The molecule has 0 radical (unpaired) electrons. The Morgan fingerprint density at radius 1 is 1.09 bits per heavy atom. The largest absolute Gasteiger partial charge is 0.481 e. The first-order chi connectivity index (χ1) is 15.8. The number of esters is 1. The minimum atomic E-state index is -0.863. The molecule has 0 aliphatic rings. The van der Waals surface area contributed by atoms with Crippen LogP contribution in [0.4, 0.5) is 10.1 Å². The highest BCUT2D eigenvalue weighted by Crippen LogP contribution is 2.17. The van der Waals surface area contributed by atoms with Gasteiger partial charge in [0, 0.05) is 11.3 Å². The van der Waals surface area contributed by atoms with Crippen LogP contribution in [0.1, 0.15) is 34.7 Å². The van der Waals surface area contributed by atoms with Gasteiger partial charge in [0.15, 0.2) is 18.1 Å². The van der Waals surface area contributed by atoms with E-state index >= 15 is 0 Å². The SMILES string of the molecule is CCOC(=O)c1nn(-c2ccc(F)cc2)c(=O)cc1OCC(=O)Nc1cccc(C(C)=O)c1. The van der Waals surface area contributed by atoms with Gasteiger partial charge in [-0.1, -0.05) is 12.1 Å². The molecule has 1 N–H and O–H groups in total. The number of amides is 1. The lowest BCUT2D eigenvalue weighted by atomic mass is 10.1. The van der Waals surface area contributed by atoms with E-state index in [1.807, 2.05) is 0 Å². The summed E-state index contributed by atoms with van der Waals surface area (Å²) in [5, 5.41) is 6.56. The molecular weight excluding hydrogens is 433 g/mol. The Labute approximate surface area is 187 Å². The van der Waals surface area contributed by atoms with E-state index in [4.69, 9.17) is 9.47 Å². The quantitative estimate of drug-likeness (QED) is 0.412. The Bertz CT molecular complexity index is 1250. The molecule has 170 valence electrons. The van der Waals surface area contributed by atoms with Crippen molar-refractivity contribution in [2.75, 3.05) is 18.5 Å². The number of nitrogens with zero attached hydrogens (tertiary/aromatic N) is 2. The van der Waals surface area contributed by atoms with Gasteiger partial charge in [0.25, 0.3) is 11.5 Å². The number of benzene rings is 2. The van der Waals surface area contributed by atoms with E-state index in [9.17, 15) is 23.6 Å². The zero-order chi connectivity index (χ0) is 24.0. The summed E-state index contributed by atoms with van der Waals surface area (Å²) in [6.45, 7) is 2.50. The molecule has 1 aromatic heterocycles. The molecule has 0 aliphatic heterocycles. The average Bonchev–Trinajstić information content (AvgIpc) is 2.78. The number of carbonyl (C=O) groups excluding carboxylic acids is 3. The Kier molecular flexibility index (Phi) is 7.29. The molecule has 33 heavy (non-hydrogen) atoms. The van der Waals surface area contributed by atoms with Crippen molar-refractivity contribution in [3.63, 3.8) is 0 Å². The molecule has 0 spiro atoms. The average molecular weight is 453 g/mol. The van der Waals surface area contributed by atoms with Crippen LogP contribution < -0.4 is 15.6 Å². The monoisotopic (exact) mass is 453 g/mol.